The number of nitrogens with zero attached hydrogens (tertiary/aromatic N) is 1. The van der Waals surface area contributed by atoms with Gasteiger partial charge in [-0.15, -0.1) is 0 Å². The predicted molar refractivity (Wildman–Crippen MR) is 159 cm³/mol. The Labute approximate surface area is 225 Å². The van der Waals surface area contributed by atoms with Crippen LogP contribution in [0.5, 0.6) is 0 Å². The van der Waals surface area contributed by atoms with E-state index in [2.05, 4.69) is 109 Å². The summed E-state index contributed by atoms with van der Waals surface area (Å²) in [6, 6.07) is 11.2. The molecule has 0 N–H and O–H groups in total. The summed E-state index contributed by atoms with van der Waals surface area (Å²) in [4.78, 5) is 2.66. The quantitative estimate of drug-likeness (QED) is 0.328. The first kappa shape index (κ1) is 25.6. The number of hydrogen-bond acceptors (Lipinski definition) is 1. The van der Waals surface area contributed by atoms with E-state index in [1.54, 1.807) is 11.1 Å². The van der Waals surface area contributed by atoms with Crippen molar-refractivity contribution in [2.24, 2.45) is 5.92 Å². The SMILES string of the molecule is C/C=C\C(=C/Cc1ccccc1)N(C1=CCC(C2=CCCC=C2)CC1)C1C=CC(C2=CCCCC2)=CC1. The molecule has 0 spiro atoms. The standard InChI is InChI=1S/C36H43N/c1-2-12-34(24-19-29-13-6-3-7-14-29)37(35-25-20-32(21-26-35)30-15-8-4-9-16-30)36-27-22-33(23-28-36)31-17-10-5-11-18-31/h2-3,6-8,12-17,22-25,27,32,36H,4-5,9-11,18-21,26,28H2,1H3/b12-2-,34-24+. The first-order chi connectivity index (χ1) is 18.3. The van der Waals surface area contributed by atoms with E-state index in [0.717, 1.165) is 25.7 Å². The molecule has 4 aliphatic rings. The number of hydrogen-bond donors (Lipinski definition) is 0. The zero-order valence-corrected chi connectivity index (χ0v) is 22.6. The van der Waals surface area contributed by atoms with Crippen molar-refractivity contribution in [1.29, 1.82) is 0 Å². The minimum atomic E-state index is 0.364. The molecule has 5 rings (SSSR count). The molecule has 1 heteroatoms. The maximum Gasteiger partial charge on any atom is 0.0556 e. The van der Waals surface area contributed by atoms with Crippen LogP contribution in [0.3, 0.4) is 0 Å². The molecule has 2 unspecified atom stereocenters. The molecular formula is C36H43N. The zero-order chi connectivity index (χ0) is 25.3. The van der Waals surface area contributed by atoms with Crippen LogP contribution in [0.1, 0.15) is 76.7 Å². The van der Waals surface area contributed by atoms with Gasteiger partial charge in [0.15, 0.2) is 0 Å². The van der Waals surface area contributed by atoms with Crippen LogP contribution in [0.15, 0.2) is 125 Å². The van der Waals surface area contributed by atoms with Crippen molar-refractivity contribution in [3.63, 3.8) is 0 Å². The zero-order valence-electron chi connectivity index (χ0n) is 22.6. The summed E-state index contributed by atoms with van der Waals surface area (Å²) in [5.41, 5.74) is 8.78. The van der Waals surface area contributed by atoms with Gasteiger partial charge in [0.1, 0.15) is 0 Å². The maximum atomic E-state index is 2.66. The number of rotatable bonds is 8. The van der Waals surface area contributed by atoms with Crippen LogP contribution in [0.4, 0.5) is 0 Å². The third-order valence-electron chi connectivity index (χ3n) is 8.27. The summed E-state index contributed by atoms with van der Waals surface area (Å²) < 4.78 is 0. The highest BCUT2D eigenvalue weighted by atomic mass is 15.2. The van der Waals surface area contributed by atoms with Crippen LogP contribution < -0.4 is 0 Å². The van der Waals surface area contributed by atoms with E-state index in [9.17, 15) is 0 Å². The lowest BCUT2D eigenvalue weighted by atomic mass is 9.83. The highest BCUT2D eigenvalue weighted by molar-refractivity contribution is 5.44. The first-order valence-corrected chi connectivity index (χ1v) is 14.6. The Kier molecular flexibility index (Phi) is 8.95. The van der Waals surface area contributed by atoms with Crippen molar-refractivity contribution in [3.8, 4) is 0 Å². The third-order valence-corrected chi connectivity index (χ3v) is 8.27. The lowest BCUT2D eigenvalue weighted by molar-refractivity contribution is 0.336. The van der Waals surface area contributed by atoms with E-state index in [0.29, 0.717) is 12.0 Å². The first-order valence-electron chi connectivity index (χ1n) is 14.6. The molecule has 0 heterocycles. The summed E-state index contributed by atoms with van der Waals surface area (Å²) in [5, 5.41) is 0. The molecule has 2 atom stereocenters. The normalized spacial score (nSPS) is 24.4. The van der Waals surface area contributed by atoms with E-state index in [-0.39, 0.29) is 0 Å². The Balaban J connectivity index is 1.41. The van der Waals surface area contributed by atoms with Crippen LogP contribution in [0.2, 0.25) is 0 Å². The minimum Gasteiger partial charge on any atom is -0.339 e. The average Bonchev–Trinajstić information content (AvgIpc) is 2.98. The Morgan fingerprint density at radius 2 is 1.84 bits per heavy atom. The van der Waals surface area contributed by atoms with Crippen molar-refractivity contribution in [3.05, 3.63) is 131 Å². The van der Waals surface area contributed by atoms with Crippen molar-refractivity contribution in [2.75, 3.05) is 0 Å². The van der Waals surface area contributed by atoms with Gasteiger partial charge in [0, 0.05) is 11.4 Å². The number of benzene rings is 1. The van der Waals surface area contributed by atoms with Gasteiger partial charge in [-0.3, -0.25) is 0 Å². The molecule has 0 saturated heterocycles. The van der Waals surface area contributed by atoms with Gasteiger partial charge in [-0.25, -0.2) is 0 Å². The molecule has 1 aromatic carbocycles. The molecule has 0 saturated carbocycles. The summed E-state index contributed by atoms with van der Waals surface area (Å²) in [5.74, 6) is 0.673. The molecule has 0 radical (unpaired) electrons. The molecule has 37 heavy (non-hydrogen) atoms. The average molecular weight is 490 g/mol. The topological polar surface area (TPSA) is 3.24 Å². The molecule has 1 aromatic rings. The predicted octanol–water partition coefficient (Wildman–Crippen LogP) is 9.71. The molecule has 192 valence electrons. The third kappa shape index (κ3) is 6.63. The van der Waals surface area contributed by atoms with E-state index >= 15 is 0 Å². The molecule has 0 bridgehead atoms. The van der Waals surface area contributed by atoms with Gasteiger partial charge in [0.2, 0.25) is 0 Å². The Hall–Kier alpha value is -3.06. The molecule has 0 aromatic heterocycles. The lowest BCUT2D eigenvalue weighted by Gasteiger charge is -2.38. The van der Waals surface area contributed by atoms with Gasteiger partial charge < -0.3 is 4.90 Å². The monoisotopic (exact) mass is 489 g/mol. The maximum absolute atomic E-state index is 2.66. The largest absolute Gasteiger partial charge is 0.339 e. The van der Waals surface area contributed by atoms with E-state index < -0.39 is 0 Å². The fourth-order valence-electron chi connectivity index (χ4n) is 6.24. The van der Waals surface area contributed by atoms with Gasteiger partial charge in [-0.1, -0.05) is 91.1 Å². The van der Waals surface area contributed by atoms with Crippen LogP contribution in [0.25, 0.3) is 0 Å². The lowest BCUT2D eigenvalue weighted by Crippen LogP contribution is -2.34. The van der Waals surface area contributed by atoms with Gasteiger partial charge in [-0.05, 0) is 112 Å². The van der Waals surface area contributed by atoms with Crippen molar-refractivity contribution in [2.45, 2.75) is 83.6 Å². The molecule has 0 amide bonds. The van der Waals surface area contributed by atoms with E-state index in [1.807, 2.05) is 0 Å². The molecule has 1 nitrogen and oxygen atoms in total. The molecule has 0 fully saturated rings. The highest BCUT2D eigenvalue weighted by Gasteiger charge is 2.27. The van der Waals surface area contributed by atoms with Gasteiger partial charge in [0.05, 0.1) is 6.04 Å². The van der Waals surface area contributed by atoms with Crippen LogP contribution in [-0.4, -0.2) is 10.9 Å². The summed E-state index contributed by atoms with van der Waals surface area (Å²) >= 11 is 0. The van der Waals surface area contributed by atoms with Crippen molar-refractivity contribution in [1.82, 2.24) is 4.90 Å². The summed E-state index contributed by atoms with van der Waals surface area (Å²) in [6.45, 7) is 2.14. The van der Waals surface area contributed by atoms with Crippen molar-refractivity contribution >= 4 is 0 Å². The van der Waals surface area contributed by atoms with Crippen LogP contribution in [0, 0.1) is 5.92 Å². The van der Waals surface area contributed by atoms with Crippen LogP contribution in [-0.2, 0) is 6.42 Å². The fraction of sp³-hybridized carbons (Fsp3) is 0.389. The second-order valence-electron chi connectivity index (χ2n) is 10.8. The van der Waals surface area contributed by atoms with Gasteiger partial charge >= 0.3 is 0 Å². The second-order valence-corrected chi connectivity index (χ2v) is 10.8. The minimum absolute atomic E-state index is 0.364. The van der Waals surface area contributed by atoms with Gasteiger partial charge in [-0.2, -0.15) is 0 Å². The highest BCUT2D eigenvalue weighted by Crippen LogP contribution is 2.37. The van der Waals surface area contributed by atoms with E-state index in [4.69, 9.17) is 0 Å². The molecular weight excluding hydrogens is 446 g/mol. The Morgan fingerprint density at radius 1 is 0.919 bits per heavy atom. The van der Waals surface area contributed by atoms with E-state index in [1.165, 1.54) is 67.5 Å². The number of allylic oxidation sites excluding steroid dienone is 13. The smallest absolute Gasteiger partial charge is 0.0556 e. The fourth-order valence-corrected chi connectivity index (χ4v) is 6.24. The second kappa shape index (κ2) is 13.0. The van der Waals surface area contributed by atoms with Crippen molar-refractivity contribution < 1.29 is 0 Å². The van der Waals surface area contributed by atoms with Crippen LogP contribution >= 0.6 is 0 Å². The van der Waals surface area contributed by atoms with Gasteiger partial charge in [0.25, 0.3) is 0 Å². The Bertz CT molecular complexity index is 1160. The molecule has 4 aliphatic carbocycles. The Morgan fingerprint density at radius 3 is 2.51 bits per heavy atom. The molecule has 0 aliphatic heterocycles. The summed E-state index contributed by atoms with van der Waals surface area (Å²) in [6.07, 6.45) is 39.7. The summed E-state index contributed by atoms with van der Waals surface area (Å²) in [7, 11) is 0.